The summed E-state index contributed by atoms with van der Waals surface area (Å²) in [5.41, 5.74) is 8.10. The number of hydrogen-bond donors (Lipinski definition) is 2. The Labute approximate surface area is 140 Å². The average molecular weight is 333 g/mol. The number of nitrogens with one attached hydrogen (secondary N) is 1. The van der Waals surface area contributed by atoms with E-state index in [0.717, 1.165) is 31.4 Å². The Morgan fingerprint density at radius 2 is 1.91 bits per heavy atom. The quantitative estimate of drug-likeness (QED) is 0.907. The number of carbonyl (C=O) groups is 1. The first-order valence-corrected chi connectivity index (χ1v) is 8.29. The normalized spacial score (nSPS) is 21.2. The Balaban J connectivity index is 1.72. The molecule has 1 aliphatic carbocycles. The van der Waals surface area contributed by atoms with Gasteiger partial charge in [0.05, 0.1) is 16.9 Å². The molecule has 6 heteroatoms. The number of aromatic nitrogens is 2. The second-order valence-corrected chi connectivity index (χ2v) is 6.57. The van der Waals surface area contributed by atoms with Gasteiger partial charge in [-0.15, -0.1) is 0 Å². The zero-order valence-corrected chi connectivity index (χ0v) is 13.9. The first-order chi connectivity index (χ1) is 11.0. The van der Waals surface area contributed by atoms with Crippen molar-refractivity contribution in [3.8, 4) is 5.69 Å². The molecule has 1 amide bonds. The van der Waals surface area contributed by atoms with Crippen molar-refractivity contribution in [2.24, 2.45) is 5.73 Å². The van der Waals surface area contributed by atoms with Crippen LogP contribution in [0.4, 0.5) is 0 Å². The molecule has 1 aliphatic rings. The summed E-state index contributed by atoms with van der Waals surface area (Å²) in [5, 5.41) is 8.20. The van der Waals surface area contributed by atoms with Gasteiger partial charge < -0.3 is 11.1 Å². The van der Waals surface area contributed by atoms with Gasteiger partial charge in [0.1, 0.15) is 0 Å². The highest BCUT2D eigenvalue weighted by Gasteiger charge is 2.22. The molecule has 5 nitrogen and oxygen atoms in total. The van der Waals surface area contributed by atoms with E-state index >= 15 is 0 Å². The number of hydrogen-bond acceptors (Lipinski definition) is 3. The lowest BCUT2D eigenvalue weighted by Gasteiger charge is -2.26. The Morgan fingerprint density at radius 3 is 2.57 bits per heavy atom. The maximum absolute atomic E-state index is 12.5. The van der Waals surface area contributed by atoms with E-state index in [1.54, 1.807) is 23.0 Å². The van der Waals surface area contributed by atoms with Crippen molar-refractivity contribution >= 4 is 17.5 Å². The molecule has 2 aromatic rings. The van der Waals surface area contributed by atoms with E-state index in [1.165, 1.54) is 0 Å². The van der Waals surface area contributed by atoms with Gasteiger partial charge in [-0.05, 0) is 56.9 Å². The Morgan fingerprint density at radius 1 is 1.26 bits per heavy atom. The molecule has 0 aliphatic heterocycles. The van der Waals surface area contributed by atoms with Crippen LogP contribution in [0, 0.1) is 6.92 Å². The fraction of sp³-hybridized carbons (Fsp3) is 0.412. The van der Waals surface area contributed by atoms with Crippen molar-refractivity contribution in [1.82, 2.24) is 15.1 Å². The monoisotopic (exact) mass is 332 g/mol. The van der Waals surface area contributed by atoms with Crippen LogP contribution in [-0.4, -0.2) is 27.8 Å². The summed E-state index contributed by atoms with van der Waals surface area (Å²) in [6.45, 7) is 1.85. The van der Waals surface area contributed by atoms with Crippen LogP contribution in [0.2, 0.25) is 5.02 Å². The highest BCUT2D eigenvalue weighted by molar-refractivity contribution is 6.30. The van der Waals surface area contributed by atoms with E-state index in [4.69, 9.17) is 17.3 Å². The third-order valence-electron chi connectivity index (χ3n) is 4.34. The maximum Gasteiger partial charge on any atom is 0.254 e. The summed E-state index contributed by atoms with van der Waals surface area (Å²) in [4.78, 5) is 12.5. The molecule has 1 saturated carbocycles. The zero-order chi connectivity index (χ0) is 16.4. The lowest BCUT2D eigenvalue weighted by atomic mass is 9.91. The Kier molecular flexibility index (Phi) is 4.68. The molecule has 23 heavy (non-hydrogen) atoms. The molecule has 3 rings (SSSR count). The summed E-state index contributed by atoms with van der Waals surface area (Å²) in [6, 6.07) is 7.84. The van der Waals surface area contributed by atoms with E-state index in [-0.39, 0.29) is 18.0 Å². The number of benzene rings is 1. The summed E-state index contributed by atoms with van der Waals surface area (Å²) >= 11 is 5.90. The standard InChI is InChI=1S/C17H21ClN4O/c1-11-16(17(23)20-14-6-4-13(19)5-7-14)10-22(21-11)15-8-2-12(18)3-9-15/h2-3,8-10,13-14H,4-7,19H2,1H3,(H,20,23). The van der Waals surface area contributed by atoms with Crippen molar-refractivity contribution in [3.63, 3.8) is 0 Å². The predicted octanol–water partition coefficient (Wildman–Crippen LogP) is 2.83. The number of amides is 1. The van der Waals surface area contributed by atoms with Gasteiger partial charge in [0.25, 0.3) is 5.91 Å². The predicted molar refractivity (Wildman–Crippen MR) is 91.0 cm³/mol. The van der Waals surface area contributed by atoms with E-state index in [9.17, 15) is 4.79 Å². The van der Waals surface area contributed by atoms with Crippen molar-refractivity contribution in [2.45, 2.75) is 44.7 Å². The van der Waals surface area contributed by atoms with Gasteiger partial charge in [-0.2, -0.15) is 5.10 Å². The van der Waals surface area contributed by atoms with Gasteiger partial charge in [-0.3, -0.25) is 4.79 Å². The summed E-state index contributed by atoms with van der Waals surface area (Å²) in [7, 11) is 0. The fourth-order valence-corrected chi connectivity index (χ4v) is 3.06. The molecule has 122 valence electrons. The van der Waals surface area contributed by atoms with E-state index in [2.05, 4.69) is 10.4 Å². The van der Waals surface area contributed by atoms with Crippen molar-refractivity contribution in [3.05, 3.63) is 46.7 Å². The third-order valence-corrected chi connectivity index (χ3v) is 4.59. The zero-order valence-electron chi connectivity index (χ0n) is 13.1. The number of rotatable bonds is 3. The minimum Gasteiger partial charge on any atom is -0.349 e. The molecule has 1 fully saturated rings. The van der Waals surface area contributed by atoms with Crippen LogP contribution in [0.25, 0.3) is 5.69 Å². The van der Waals surface area contributed by atoms with Crippen LogP contribution < -0.4 is 11.1 Å². The first kappa shape index (κ1) is 16.0. The lowest BCUT2D eigenvalue weighted by Crippen LogP contribution is -2.40. The highest BCUT2D eigenvalue weighted by Crippen LogP contribution is 2.19. The smallest absolute Gasteiger partial charge is 0.254 e. The fourth-order valence-electron chi connectivity index (χ4n) is 2.94. The van der Waals surface area contributed by atoms with Crippen molar-refractivity contribution < 1.29 is 4.79 Å². The molecule has 3 N–H and O–H groups in total. The van der Waals surface area contributed by atoms with E-state index in [1.807, 2.05) is 19.1 Å². The van der Waals surface area contributed by atoms with Gasteiger partial charge in [-0.25, -0.2) is 4.68 Å². The second-order valence-electron chi connectivity index (χ2n) is 6.13. The number of halogens is 1. The van der Waals surface area contributed by atoms with Crippen molar-refractivity contribution in [2.75, 3.05) is 0 Å². The van der Waals surface area contributed by atoms with E-state index in [0.29, 0.717) is 16.3 Å². The van der Waals surface area contributed by atoms with Crippen molar-refractivity contribution in [1.29, 1.82) is 0 Å². The van der Waals surface area contributed by atoms with Crippen LogP contribution in [0.15, 0.2) is 30.5 Å². The molecule has 1 heterocycles. The molecule has 0 spiro atoms. The molecular weight excluding hydrogens is 312 g/mol. The van der Waals surface area contributed by atoms with Crippen LogP contribution >= 0.6 is 11.6 Å². The average Bonchev–Trinajstić information content (AvgIpc) is 2.92. The van der Waals surface area contributed by atoms with Crippen LogP contribution in [0.3, 0.4) is 0 Å². The van der Waals surface area contributed by atoms with Gasteiger partial charge in [0.2, 0.25) is 0 Å². The van der Waals surface area contributed by atoms with Crippen LogP contribution in [0.1, 0.15) is 41.7 Å². The first-order valence-electron chi connectivity index (χ1n) is 7.91. The van der Waals surface area contributed by atoms with Crippen LogP contribution in [-0.2, 0) is 0 Å². The number of nitrogens with two attached hydrogens (primary N) is 1. The van der Waals surface area contributed by atoms with Gasteiger partial charge in [0, 0.05) is 23.3 Å². The Bertz CT molecular complexity index is 687. The lowest BCUT2D eigenvalue weighted by molar-refractivity contribution is 0.0925. The maximum atomic E-state index is 12.5. The minimum absolute atomic E-state index is 0.0665. The number of nitrogens with zero attached hydrogens (tertiary/aromatic N) is 2. The van der Waals surface area contributed by atoms with Gasteiger partial charge in [-0.1, -0.05) is 11.6 Å². The Hall–Kier alpha value is -1.85. The molecule has 0 radical (unpaired) electrons. The molecule has 0 bridgehead atoms. The SMILES string of the molecule is Cc1nn(-c2ccc(Cl)cc2)cc1C(=O)NC1CCC(N)CC1. The minimum atomic E-state index is -0.0665. The molecule has 0 unspecified atom stereocenters. The third kappa shape index (κ3) is 3.74. The van der Waals surface area contributed by atoms with E-state index < -0.39 is 0 Å². The molecule has 0 atom stereocenters. The molecule has 1 aromatic heterocycles. The highest BCUT2D eigenvalue weighted by atomic mass is 35.5. The summed E-state index contributed by atoms with van der Waals surface area (Å²) < 4.78 is 1.71. The molecule has 1 aromatic carbocycles. The largest absolute Gasteiger partial charge is 0.349 e. The molecule has 0 saturated heterocycles. The van der Waals surface area contributed by atoms with Gasteiger partial charge in [0.15, 0.2) is 0 Å². The number of carbonyl (C=O) groups excluding carboxylic acids is 1. The van der Waals surface area contributed by atoms with Crippen LogP contribution in [0.5, 0.6) is 0 Å². The van der Waals surface area contributed by atoms with Gasteiger partial charge >= 0.3 is 0 Å². The second kappa shape index (κ2) is 6.72. The number of aryl methyl sites for hydroxylation is 1. The topological polar surface area (TPSA) is 72.9 Å². The summed E-state index contributed by atoms with van der Waals surface area (Å²) in [5.74, 6) is -0.0665. The summed E-state index contributed by atoms with van der Waals surface area (Å²) in [6.07, 6.45) is 5.58. The molecular formula is C17H21ClN4O.